The molecule has 1 aliphatic rings. The van der Waals surface area contributed by atoms with E-state index >= 15 is 0 Å². The Kier molecular flexibility index (Phi) is 8.19. The molecule has 0 atom stereocenters. The molecule has 1 aliphatic heterocycles. The van der Waals surface area contributed by atoms with Crippen LogP contribution in [-0.2, 0) is 4.74 Å². The molecule has 0 saturated heterocycles. The average molecular weight is 475 g/mol. The van der Waals surface area contributed by atoms with E-state index < -0.39 is 5.82 Å². The Bertz CT molecular complexity index is 1160. The lowest BCUT2D eigenvalue weighted by Gasteiger charge is -2.06. The molecule has 0 radical (unpaired) electrons. The molecule has 0 spiro atoms. The molecule has 3 aromatic rings. The van der Waals surface area contributed by atoms with Crippen molar-refractivity contribution in [1.29, 1.82) is 0 Å². The summed E-state index contributed by atoms with van der Waals surface area (Å²) in [6.45, 7) is 4.88. The van der Waals surface area contributed by atoms with Gasteiger partial charge in [-0.1, -0.05) is 30.2 Å². The van der Waals surface area contributed by atoms with Gasteiger partial charge < -0.3 is 15.0 Å². The number of hydrogen-bond donors (Lipinski definition) is 2. The maximum atomic E-state index is 13.0. The third-order valence-electron chi connectivity index (χ3n) is 4.82. The largest absolute Gasteiger partial charge is 0.501 e. The predicted octanol–water partition coefficient (Wildman–Crippen LogP) is 6.40. The van der Waals surface area contributed by atoms with Crippen LogP contribution in [0.4, 0.5) is 10.3 Å². The number of H-pyrrole nitrogens is 1. The minimum Gasteiger partial charge on any atom is -0.501 e. The summed E-state index contributed by atoms with van der Waals surface area (Å²) in [5.74, 6) is 0.150. The number of aldehydes is 1. The van der Waals surface area contributed by atoms with Crippen LogP contribution >= 0.6 is 22.9 Å². The van der Waals surface area contributed by atoms with Crippen LogP contribution < -0.4 is 5.32 Å². The van der Waals surface area contributed by atoms with Crippen LogP contribution in [0.5, 0.6) is 0 Å². The first-order valence-electron chi connectivity index (χ1n) is 10.1. The Morgan fingerprint density at radius 2 is 2.19 bits per heavy atom. The number of halogens is 2. The number of hydrogen-bond acceptors (Lipinski definition) is 6. The number of fused-ring (bicyclic) bond motifs is 1. The standard InChI is InChI=1S/C15H17NO2S.C8H7ClFN3/c1-3-12-5-7-18-6-4-11(2)14(8-12)15-16-13(9-17)10-19-15;1-11-8-12-6-2-4(9)5(10)3-7(6)13-8/h4,6,8-10H,3,5,7H2,1-2H3;2-3H,1H3,(H2,11,12,13)/b6-4+,12-8+,14-11+;. The molecule has 6 nitrogen and oxygen atoms in total. The van der Waals surface area contributed by atoms with E-state index in [1.54, 1.807) is 18.7 Å². The Morgan fingerprint density at radius 1 is 1.38 bits per heavy atom. The van der Waals surface area contributed by atoms with Crippen LogP contribution in [0.3, 0.4) is 0 Å². The van der Waals surface area contributed by atoms with E-state index in [-0.39, 0.29) is 5.02 Å². The van der Waals surface area contributed by atoms with Crippen LogP contribution in [0.25, 0.3) is 16.6 Å². The highest BCUT2D eigenvalue weighted by Crippen LogP contribution is 2.28. The molecular formula is C23H24ClFN4O2S. The highest BCUT2D eigenvalue weighted by molar-refractivity contribution is 7.11. The lowest BCUT2D eigenvalue weighted by molar-refractivity contribution is 0.111. The number of ether oxygens (including phenoxy) is 1. The first-order chi connectivity index (χ1) is 15.4. The smallest absolute Gasteiger partial charge is 0.200 e. The highest BCUT2D eigenvalue weighted by Gasteiger charge is 2.10. The van der Waals surface area contributed by atoms with Gasteiger partial charge in [0.2, 0.25) is 5.95 Å². The Labute approximate surface area is 194 Å². The van der Waals surface area contributed by atoms with E-state index in [1.165, 1.54) is 29.0 Å². The van der Waals surface area contributed by atoms with Gasteiger partial charge in [0.25, 0.3) is 0 Å². The first-order valence-corrected chi connectivity index (χ1v) is 11.3. The quantitative estimate of drug-likeness (QED) is 0.428. The topological polar surface area (TPSA) is 79.9 Å². The summed E-state index contributed by atoms with van der Waals surface area (Å²) < 4.78 is 18.4. The number of aromatic amines is 1. The summed E-state index contributed by atoms with van der Waals surface area (Å²) in [4.78, 5) is 22.1. The number of allylic oxidation sites excluding steroid dienone is 4. The van der Waals surface area contributed by atoms with Gasteiger partial charge in [-0.25, -0.2) is 14.4 Å². The zero-order valence-electron chi connectivity index (χ0n) is 18.0. The molecule has 1 aromatic carbocycles. The highest BCUT2D eigenvalue weighted by atomic mass is 35.5. The summed E-state index contributed by atoms with van der Waals surface area (Å²) in [6.07, 6.45) is 8.56. The van der Waals surface area contributed by atoms with Gasteiger partial charge in [0.15, 0.2) is 6.29 Å². The van der Waals surface area contributed by atoms with Gasteiger partial charge in [-0.15, -0.1) is 11.3 Å². The maximum Gasteiger partial charge on any atom is 0.200 e. The predicted molar refractivity (Wildman–Crippen MR) is 129 cm³/mol. The minimum absolute atomic E-state index is 0.0849. The molecular weight excluding hydrogens is 451 g/mol. The fourth-order valence-electron chi connectivity index (χ4n) is 2.98. The van der Waals surface area contributed by atoms with Crippen molar-refractivity contribution in [3.63, 3.8) is 0 Å². The van der Waals surface area contributed by atoms with Gasteiger partial charge in [0, 0.05) is 30.5 Å². The second-order valence-corrected chi connectivity index (χ2v) is 8.26. The molecule has 0 aliphatic carbocycles. The number of benzene rings is 1. The van der Waals surface area contributed by atoms with E-state index in [2.05, 4.69) is 33.3 Å². The van der Waals surface area contributed by atoms with E-state index in [4.69, 9.17) is 16.3 Å². The van der Waals surface area contributed by atoms with E-state index in [0.717, 1.165) is 35.3 Å². The summed E-state index contributed by atoms with van der Waals surface area (Å²) in [6, 6.07) is 2.81. The van der Waals surface area contributed by atoms with Crippen LogP contribution in [0.2, 0.25) is 5.02 Å². The van der Waals surface area contributed by atoms with Gasteiger partial charge >= 0.3 is 0 Å². The van der Waals surface area contributed by atoms with E-state index in [9.17, 15) is 9.18 Å². The molecule has 0 unspecified atom stereocenters. The number of anilines is 1. The average Bonchev–Trinajstić information content (AvgIpc) is 3.43. The maximum absolute atomic E-state index is 13.0. The number of nitrogens with zero attached hydrogens (tertiary/aromatic N) is 2. The third kappa shape index (κ3) is 5.83. The number of imidazole rings is 1. The van der Waals surface area contributed by atoms with Crippen LogP contribution in [0, 0.1) is 5.82 Å². The summed E-state index contributed by atoms with van der Waals surface area (Å²) in [5, 5.41) is 5.58. The number of rotatable bonds is 4. The number of thiazole rings is 1. The van der Waals surface area contributed by atoms with Crippen molar-refractivity contribution in [1.82, 2.24) is 15.0 Å². The second-order valence-electron chi connectivity index (χ2n) is 6.99. The Hall–Kier alpha value is -2.97. The summed E-state index contributed by atoms with van der Waals surface area (Å²) >= 11 is 7.09. The monoisotopic (exact) mass is 474 g/mol. The van der Waals surface area contributed by atoms with Gasteiger partial charge in [0.1, 0.15) is 16.5 Å². The van der Waals surface area contributed by atoms with Crippen molar-refractivity contribution in [2.24, 2.45) is 0 Å². The lowest BCUT2D eigenvalue weighted by atomic mass is 10.0. The van der Waals surface area contributed by atoms with Crippen molar-refractivity contribution in [2.45, 2.75) is 26.7 Å². The Morgan fingerprint density at radius 3 is 2.88 bits per heavy atom. The fraction of sp³-hybridized carbons (Fsp3) is 0.261. The molecule has 3 heterocycles. The van der Waals surface area contributed by atoms with Gasteiger partial charge in [-0.2, -0.15) is 0 Å². The fourth-order valence-corrected chi connectivity index (χ4v) is 3.99. The first kappa shape index (κ1) is 23.7. The van der Waals surface area contributed by atoms with Crippen molar-refractivity contribution >= 4 is 51.8 Å². The van der Waals surface area contributed by atoms with Crippen LogP contribution in [0.15, 0.2) is 47.1 Å². The van der Waals surface area contributed by atoms with Crippen LogP contribution in [-0.4, -0.2) is 34.9 Å². The molecule has 0 amide bonds. The summed E-state index contributed by atoms with van der Waals surface area (Å²) in [7, 11) is 1.73. The van der Waals surface area contributed by atoms with Crippen molar-refractivity contribution < 1.29 is 13.9 Å². The van der Waals surface area contributed by atoms with Crippen molar-refractivity contribution in [3.05, 3.63) is 68.6 Å². The van der Waals surface area contributed by atoms with Crippen molar-refractivity contribution in [3.8, 4) is 0 Å². The number of carbonyl (C=O) groups is 1. The van der Waals surface area contributed by atoms with Gasteiger partial charge in [0.05, 0.1) is 28.9 Å². The molecule has 2 N–H and O–H groups in total. The normalized spacial score (nSPS) is 18.8. The van der Waals surface area contributed by atoms with Gasteiger partial charge in [-0.3, -0.25) is 4.79 Å². The minimum atomic E-state index is -0.444. The van der Waals surface area contributed by atoms with E-state index in [0.29, 0.717) is 29.3 Å². The molecule has 168 valence electrons. The SMILES string of the molecule is CC\C1=C/C(c2nc(C=O)cs2)=C(C)\C=C\OCC1.CNc1nc2cc(Cl)c(F)cc2[nH]1. The molecule has 0 bridgehead atoms. The third-order valence-corrected chi connectivity index (χ3v) is 6.00. The zero-order chi connectivity index (χ0) is 23.1. The molecule has 4 rings (SSSR count). The number of carbonyl (C=O) groups excluding carboxylic acids is 1. The van der Waals surface area contributed by atoms with Gasteiger partial charge in [-0.05, 0) is 31.1 Å². The molecule has 9 heteroatoms. The number of aromatic nitrogens is 3. The lowest BCUT2D eigenvalue weighted by Crippen LogP contribution is -1.91. The Balaban J connectivity index is 0.000000193. The van der Waals surface area contributed by atoms with Crippen LogP contribution in [0.1, 0.15) is 42.2 Å². The molecule has 2 aromatic heterocycles. The summed E-state index contributed by atoms with van der Waals surface area (Å²) in [5.41, 5.74) is 5.28. The molecule has 0 saturated carbocycles. The second kappa shape index (κ2) is 11.1. The van der Waals surface area contributed by atoms with Crippen molar-refractivity contribution in [2.75, 3.05) is 19.0 Å². The molecule has 32 heavy (non-hydrogen) atoms. The molecule has 0 fully saturated rings. The van der Waals surface area contributed by atoms with E-state index in [1.807, 2.05) is 13.0 Å². The zero-order valence-corrected chi connectivity index (χ0v) is 19.6. The number of nitrogens with one attached hydrogen (secondary N) is 2.